The Morgan fingerprint density at radius 3 is 2.18 bits per heavy atom. The number of nitrogens with one attached hydrogen (secondary N) is 1. The van der Waals surface area contributed by atoms with Gasteiger partial charge in [0.05, 0.1) is 0 Å². The molecule has 0 radical (unpaired) electrons. The zero-order valence-electron chi connectivity index (χ0n) is 12.5. The maximum atomic E-state index is 5.72. The second-order valence-corrected chi connectivity index (χ2v) is 6.33. The lowest BCUT2D eigenvalue weighted by Gasteiger charge is -2.18. The Hall–Kier alpha value is -1.27. The first kappa shape index (κ1) is 15.6. The van der Waals surface area contributed by atoms with Crippen LogP contribution in [0.1, 0.15) is 5.56 Å². The molecule has 3 rings (SSSR count). The van der Waals surface area contributed by atoms with Gasteiger partial charge in [-0.1, -0.05) is 42.1 Å². The van der Waals surface area contributed by atoms with Gasteiger partial charge in [-0.3, -0.25) is 0 Å². The van der Waals surface area contributed by atoms with Gasteiger partial charge in [0.15, 0.2) is 0 Å². The SMILES string of the molecule is c1ccc(Sc2ccc(CB3OCCNCCO3)cc2)cc1. The fourth-order valence-corrected chi connectivity index (χ4v) is 3.16. The molecule has 2 aromatic rings. The van der Waals surface area contributed by atoms with E-state index in [0.29, 0.717) is 13.2 Å². The van der Waals surface area contributed by atoms with Crippen LogP contribution in [0.4, 0.5) is 0 Å². The number of rotatable bonds is 4. The van der Waals surface area contributed by atoms with Crippen molar-refractivity contribution in [1.29, 1.82) is 0 Å². The van der Waals surface area contributed by atoms with E-state index in [-0.39, 0.29) is 7.12 Å². The van der Waals surface area contributed by atoms with Crippen LogP contribution in [0.2, 0.25) is 0 Å². The summed E-state index contributed by atoms with van der Waals surface area (Å²) in [6.45, 7) is 3.19. The molecule has 2 aromatic carbocycles. The maximum absolute atomic E-state index is 5.72. The van der Waals surface area contributed by atoms with Crippen LogP contribution >= 0.6 is 11.8 Å². The molecule has 22 heavy (non-hydrogen) atoms. The van der Waals surface area contributed by atoms with Gasteiger partial charge in [-0.05, 0) is 29.8 Å². The van der Waals surface area contributed by atoms with Gasteiger partial charge in [-0.15, -0.1) is 0 Å². The summed E-state index contributed by atoms with van der Waals surface area (Å²) in [4.78, 5) is 2.51. The molecular weight excluding hydrogens is 293 g/mol. The van der Waals surface area contributed by atoms with E-state index < -0.39 is 0 Å². The molecule has 5 heteroatoms. The van der Waals surface area contributed by atoms with Crippen LogP contribution in [-0.2, 0) is 15.6 Å². The largest absolute Gasteiger partial charge is 0.461 e. The topological polar surface area (TPSA) is 30.5 Å². The molecule has 1 aliphatic rings. The summed E-state index contributed by atoms with van der Waals surface area (Å²) in [7, 11) is -0.130. The van der Waals surface area contributed by atoms with E-state index in [2.05, 4.69) is 53.8 Å². The second-order valence-electron chi connectivity index (χ2n) is 5.18. The quantitative estimate of drug-likeness (QED) is 0.879. The minimum absolute atomic E-state index is 0.130. The van der Waals surface area contributed by atoms with Crippen LogP contribution in [0, 0.1) is 0 Å². The van der Waals surface area contributed by atoms with E-state index in [9.17, 15) is 0 Å². The molecule has 3 nitrogen and oxygen atoms in total. The summed E-state index contributed by atoms with van der Waals surface area (Å²) in [5.41, 5.74) is 1.25. The first-order valence-electron chi connectivity index (χ1n) is 7.66. The lowest BCUT2D eigenvalue weighted by molar-refractivity contribution is 0.177. The summed E-state index contributed by atoms with van der Waals surface area (Å²) in [5.74, 6) is 0. The fraction of sp³-hybridized carbons (Fsp3) is 0.294. The Bertz CT molecular complexity index is 557. The monoisotopic (exact) mass is 313 g/mol. The molecule has 0 aliphatic carbocycles. The highest BCUT2D eigenvalue weighted by Crippen LogP contribution is 2.27. The van der Waals surface area contributed by atoms with E-state index in [1.807, 2.05) is 6.07 Å². The molecule has 1 heterocycles. The third-order valence-electron chi connectivity index (χ3n) is 3.47. The van der Waals surface area contributed by atoms with Crippen LogP contribution in [0.3, 0.4) is 0 Å². The summed E-state index contributed by atoms with van der Waals surface area (Å²) < 4.78 is 11.4. The molecule has 0 spiro atoms. The summed E-state index contributed by atoms with van der Waals surface area (Å²) >= 11 is 1.78. The maximum Gasteiger partial charge on any atom is 0.461 e. The molecule has 0 amide bonds. The molecule has 0 atom stereocenters. The van der Waals surface area contributed by atoms with Crippen molar-refractivity contribution in [2.75, 3.05) is 26.3 Å². The van der Waals surface area contributed by atoms with Crippen molar-refractivity contribution >= 4 is 18.9 Å². The smallest absolute Gasteiger partial charge is 0.410 e. The van der Waals surface area contributed by atoms with Crippen molar-refractivity contribution in [3.63, 3.8) is 0 Å². The minimum Gasteiger partial charge on any atom is -0.410 e. The predicted octanol–water partition coefficient (Wildman–Crippen LogP) is 3.04. The van der Waals surface area contributed by atoms with Crippen molar-refractivity contribution in [3.05, 3.63) is 60.2 Å². The molecule has 0 bridgehead atoms. The Morgan fingerprint density at radius 2 is 1.50 bits per heavy atom. The van der Waals surface area contributed by atoms with Gasteiger partial charge in [0, 0.05) is 42.4 Å². The lowest BCUT2D eigenvalue weighted by atomic mass is 9.80. The van der Waals surface area contributed by atoms with Gasteiger partial charge < -0.3 is 14.6 Å². The highest BCUT2D eigenvalue weighted by molar-refractivity contribution is 7.99. The van der Waals surface area contributed by atoms with Crippen molar-refractivity contribution in [2.45, 2.75) is 16.1 Å². The van der Waals surface area contributed by atoms with Crippen LogP contribution in [0.5, 0.6) is 0 Å². The van der Waals surface area contributed by atoms with Gasteiger partial charge in [0.1, 0.15) is 0 Å². The molecule has 0 unspecified atom stereocenters. The lowest BCUT2D eigenvalue weighted by Crippen LogP contribution is -2.37. The van der Waals surface area contributed by atoms with E-state index in [0.717, 1.165) is 19.4 Å². The number of benzene rings is 2. The first-order valence-corrected chi connectivity index (χ1v) is 8.47. The molecule has 114 valence electrons. The van der Waals surface area contributed by atoms with Gasteiger partial charge in [-0.25, -0.2) is 0 Å². The second kappa shape index (κ2) is 8.39. The molecule has 0 saturated carbocycles. The van der Waals surface area contributed by atoms with Gasteiger partial charge in [0.2, 0.25) is 0 Å². The Morgan fingerprint density at radius 1 is 0.864 bits per heavy atom. The van der Waals surface area contributed by atoms with Gasteiger partial charge >= 0.3 is 7.12 Å². The van der Waals surface area contributed by atoms with E-state index in [1.165, 1.54) is 15.4 Å². The van der Waals surface area contributed by atoms with Crippen molar-refractivity contribution in [3.8, 4) is 0 Å². The molecule has 1 N–H and O–H groups in total. The normalized spacial score (nSPS) is 16.1. The van der Waals surface area contributed by atoms with E-state index in [1.54, 1.807) is 11.8 Å². The fourth-order valence-electron chi connectivity index (χ4n) is 2.33. The summed E-state index contributed by atoms with van der Waals surface area (Å²) in [6, 6.07) is 19.1. The van der Waals surface area contributed by atoms with Crippen LogP contribution in [0.15, 0.2) is 64.4 Å². The predicted molar refractivity (Wildman–Crippen MR) is 91.2 cm³/mol. The van der Waals surface area contributed by atoms with Crippen molar-refractivity contribution in [1.82, 2.24) is 5.32 Å². The number of hydrogen-bond acceptors (Lipinski definition) is 4. The minimum atomic E-state index is -0.130. The highest BCUT2D eigenvalue weighted by Gasteiger charge is 2.20. The number of hydrogen-bond donors (Lipinski definition) is 1. The molecule has 1 saturated heterocycles. The average Bonchev–Trinajstić information content (AvgIpc) is 2.53. The van der Waals surface area contributed by atoms with E-state index in [4.69, 9.17) is 9.31 Å². The first-order chi connectivity index (χ1) is 10.9. The van der Waals surface area contributed by atoms with Crippen LogP contribution < -0.4 is 5.32 Å². The van der Waals surface area contributed by atoms with Crippen LogP contribution in [-0.4, -0.2) is 33.4 Å². The standard InChI is InChI=1S/C17H20BNO2S/c1-2-4-16(5-3-1)22-17-8-6-15(7-9-17)14-18-20-12-10-19-11-13-21-18/h1-9,19H,10-14H2. The Kier molecular flexibility index (Phi) is 5.96. The van der Waals surface area contributed by atoms with E-state index >= 15 is 0 Å². The molecular formula is C17H20BNO2S. The molecule has 0 aromatic heterocycles. The molecule has 1 aliphatic heterocycles. The van der Waals surface area contributed by atoms with Crippen LogP contribution in [0.25, 0.3) is 0 Å². The third-order valence-corrected chi connectivity index (χ3v) is 4.49. The summed E-state index contributed by atoms with van der Waals surface area (Å²) in [6.07, 6.45) is 0.802. The Labute approximate surface area is 136 Å². The van der Waals surface area contributed by atoms with Crippen molar-refractivity contribution < 1.29 is 9.31 Å². The Balaban J connectivity index is 1.56. The zero-order chi connectivity index (χ0) is 15.0. The summed E-state index contributed by atoms with van der Waals surface area (Å²) in [5, 5.41) is 3.25. The van der Waals surface area contributed by atoms with Gasteiger partial charge in [-0.2, -0.15) is 0 Å². The zero-order valence-corrected chi connectivity index (χ0v) is 13.4. The van der Waals surface area contributed by atoms with Gasteiger partial charge in [0.25, 0.3) is 0 Å². The molecule has 1 fully saturated rings. The highest BCUT2D eigenvalue weighted by atomic mass is 32.2. The van der Waals surface area contributed by atoms with Crippen molar-refractivity contribution in [2.24, 2.45) is 0 Å². The average molecular weight is 313 g/mol. The third kappa shape index (κ3) is 4.88.